The molecule has 0 fully saturated rings. The fourth-order valence-electron chi connectivity index (χ4n) is 0. The van der Waals surface area contributed by atoms with Crippen molar-refractivity contribution < 1.29 is 52.6 Å². The predicted molar refractivity (Wildman–Crippen MR) is 40.7 cm³/mol. The monoisotopic (exact) mass is 333 g/mol. The van der Waals surface area contributed by atoms with Gasteiger partial charge in [-0.05, 0) is 0 Å². The first kappa shape index (κ1) is 36.0. The molecule has 0 saturated carbocycles. The number of nitrogens with zero attached hydrogens (tertiary/aromatic N) is 2. The molecule has 0 aliphatic heterocycles. The van der Waals surface area contributed by atoms with E-state index in [1.165, 1.54) is 0 Å². The van der Waals surface area contributed by atoms with Crippen molar-refractivity contribution in [3.63, 3.8) is 0 Å². The van der Waals surface area contributed by atoms with Crippen LogP contribution < -0.4 is 18.5 Å². The van der Waals surface area contributed by atoms with Crippen LogP contribution in [0.4, 0.5) is 0 Å². The van der Waals surface area contributed by atoms with Gasteiger partial charge >= 0.3 is 12.3 Å². The van der Waals surface area contributed by atoms with E-state index in [-0.39, 0.29) is 18.5 Å². The summed E-state index contributed by atoms with van der Waals surface area (Å²) >= 11 is 0. The van der Waals surface area contributed by atoms with Gasteiger partial charge < -0.3 is 33.5 Å². The summed E-state index contributed by atoms with van der Waals surface area (Å²) in [5.41, 5.74) is 0. The lowest BCUT2D eigenvalue weighted by Crippen LogP contribution is -1.91. The molecular formula is H3N3O12S3. The number of hydrogen-bond donors (Lipinski definition) is 1. The van der Waals surface area contributed by atoms with Crippen LogP contribution in [0, 0.1) is 0 Å². The summed E-state index contributed by atoms with van der Waals surface area (Å²) in [5, 5.41) is 0. The summed E-state index contributed by atoms with van der Waals surface area (Å²) in [6.45, 7) is 0. The Morgan fingerprint density at radius 1 is 0.444 bits per heavy atom. The lowest BCUT2D eigenvalue weighted by Gasteiger charge is -2.06. The number of rotatable bonds is 0. The smallest absolute Gasteiger partial charge is 0.759 e. The summed E-state index contributed by atoms with van der Waals surface area (Å²) in [6.07, 6.45) is 0. The fourth-order valence-corrected chi connectivity index (χ4v) is 0. The molecule has 0 aliphatic carbocycles. The third kappa shape index (κ3) is 2880. The molecule has 18 heteroatoms. The van der Waals surface area contributed by atoms with Crippen LogP contribution in [0.1, 0.15) is 0 Å². The third-order valence-electron chi connectivity index (χ3n) is 0. The van der Waals surface area contributed by atoms with Crippen LogP contribution in [0.3, 0.4) is 0 Å². The molecule has 0 aromatic rings. The van der Waals surface area contributed by atoms with Crippen molar-refractivity contribution in [2.45, 2.75) is 0 Å². The first-order valence-electron chi connectivity index (χ1n) is 2.00. The molecule has 0 unspecified atom stereocenters. The average Bonchev–Trinajstić information content (AvgIpc) is 1.41. The van der Waals surface area contributed by atoms with Gasteiger partial charge in [0.25, 0.3) is 0 Å². The van der Waals surface area contributed by atoms with E-state index >= 15 is 0 Å². The minimum atomic E-state index is -5.17. The lowest BCUT2D eigenvalue weighted by atomic mass is 14.0. The largest absolute Gasteiger partial charge is 3.00 e. The molecule has 3 N–H and O–H groups in total. The van der Waals surface area contributed by atoms with Crippen LogP contribution in [0.5, 0.6) is 0 Å². The van der Waals surface area contributed by atoms with Gasteiger partial charge in [0, 0.05) is 31.2 Å². The van der Waals surface area contributed by atoms with E-state index in [2.05, 4.69) is 0 Å². The van der Waals surface area contributed by atoms with Gasteiger partial charge in [0.05, 0.1) is 0 Å². The lowest BCUT2D eigenvalue weighted by molar-refractivity contribution is 0.350. The highest BCUT2D eigenvalue weighted by Crippen LogP contribution is 1.58. The second-order valence-electron chi connectivity index (χ2n) is 1.22. The second-order valence-corrected chi connectivity index (χ2v) is 3.67. The maximum Gasteiger partial charge on any atom is 3.00 e. The van der Waals surface area contributed by atoms with Gasteiger partial charge in [-0.1, -0.05) is 0 Å². The summed E-state index contributed by atoms with van der Waals surface area (Å²) in [5.74, 6) is 0. The maximum atomic E-state index is 8.52. The Balaban J connectivity index is -0.0000000277. The molecule has 0 aromatic carbocycles. The van der Waals surface area contributed by atoms with Crippen molar-refractivity contribution in [3.8, 4) is 0 Å². The van der Waals surface area contributed by atoms with Crippen LogP contribution in [0.15, 0.2) is 0 Å². The van der Waals surface area contributed by atoms with Crippen molar-refractivity contribution in [1.29, 1.82) is 0 Å². The highest BCUT2D eigenvalue weighted by Gasteiger charge is 3.00. The van der Waals surface area contributed by atoms with Crippen molar-refractivity contribution in [2.24, 2.45) is 0 Å². The molecule has 0 saturated heterocycles. The molecule has 0 aliphatic rings. The van der Waals surface area contributed by atoms with E-state index in [9.17, 15) is 0 Å². The Kier molecular flexibility index (Phi) is 24.9. The predicted octanol–water partition coefficient (Wildman–Crippen LogP) is -4.81. The maximum absolute atomic E-state index is 8.52. The van der Waals surface area contributed by atoms with E-state index in [1.807, 2.05) is 0 Å². The van der Waals surface area contributed by atoms with Gasteiger partial charge in [-0.2, -0.15) is 0 Å². The van der Waals surface area contributed by atoms with Crippen molar-refractivity contribution in [3.05, 3.63) is 0 Å². The Morgan fingerprint density at radius 2 is 0.444 bits per heavy atom. The van der Waals surface area contributed by atoms with E-state index in [0.717, 1.165) is 0 Å². The molecule has 0 amide bonds. The zero-order chi connectivity index (χ0) is 13.5. The van der Waals surface area contributed by atoms with Gasteiger partial charge in [0.2, 0.25) is 0 Å². The van der Waals surface area contributed by atoms with Crippen LogP contribution in [0.2, 0.25) is 0 Å². The molecule has 0 aromatic heterocycles. The molecular weight excluding hydrogens is 330 g/mol. The first-order chi connectivity index (χ1) is 6.00. The second kappa shape index (κ2) is 12.4. The van der Waals surface area contributed by atoms with Crippen LogP contribution >= 0.6 is 0 Å². The Hall–Kier alpha value is -1.01. The molecule has 4 radical (unpaired) electrons. The van der Waals surface area contributed by atoms with Crippen LogP contribution in [-0.2, 0) is 31.2 Å². The Morgan fingerprint density at radius 3 is 0.444 bits per heavy atom. The molecule has 0 atom stereocenters. The van der Waals surface area contributed by atoms with E-state index < -0.39 is 31.2 Å². The summed E-state index contributed by atoms with van der Waals surface area (Å²) in [7, 11) is -15.5. The van der Waals surface area contributed by atoms with Gasteiger partial charge in [0.1, 0.15) is 0 Å². The van der Waals surface area contributed by atoms with Gasteiger partial charge in [-0.15, -0.1) is 0 Å². The van der Waals surface area contributed by atoms with Crippen LogP contribution in [-0.4, -0.2) is 52.6 Å². The highest BCUT2D eigenvalue weighted by molar-refractivity contribution is 7.80. The van der Waals surface area contributed by atoms with Gasteiger partial charge in [-0.3, -0.25) is 25.3 Å². The van der Waals surface area contributed by atoms with Crippen LogP contribution in [0.25, 0.3) is 0 Å². The van der Waals surface area contributed by atoms with E-state index in [4.69, 9.17) is 52.6 Å². The molecule has 108 valence electrons. The Labute approximate surface area is 103 Å². The molecule has 0 bridgehead atoms. The molecule has 15 nitrogen and oxygen atoms in total. The zero-order valence-corrected chi connectivity index (χ0v) is 10.2. The van der Waals surface area contributed by atoms with Crippen molar-refractivity contribution >= 4 is 31.2 Å². The SMILES string of the molecule is N.O=S(=O)([O-])[O-].O=S(=O)([O-])[O-].O=S(=O)([O-])[O-].[N+3].[N+3]. The fraction of sp³-hybridized carbons (Fsp3) is 0. The van der Waals surface area contributed by atoms with Gasteiger partial charge in [0.15, 0.2) is 0 Å². The molecule has 0 heterocycles. The summed E-state index contributed by atoms with van der Waals surface area (Å²) in [4.78, 5) is 0. The average molecular weight is 333 g/mol. The van der Waals surface area contributed by atoms with E-state index in [0.29, 0.717) is 0 Å². The molecule has 0 spiro atoms. The Bertz CT molecular complexity index is 343. The molecule has 18 heavy (non-hydrogen) atoms. The van der Waals surface area contributed by atoms with E-state index in [1.54, 1.807) is 0 Å². The molecule has 0 rings (SSSR count). The topological polar surface area (TPSA) is 337 Å². The minimum absolute atomic E-state index is 0. The quantitative estimate of drug-likeness (QED) is 0.321. The standard InChI is InChI=1S/H3N.2N.3H2O4S/c;;;3*1-5(2,3)4/h1H3;;;3*(H2,1,2,3,4)/q;2*+3;;;/p-6. The van der Waals surface area contributed by atoms with Gasteiger partial charge in [-0.25, -0.2) is 0 Å². The van der Waals surface area contributed by atoms with Crippen molar-refractivity contribution in [1.82, 2.24) is 18.5 Å². The van der Waals surface area contributed by atoms with Crippen molar-refractivity contribution in [2.75, 3.05) is 0 Å². The third-order valence-corrected chi connectivity index (χ3v) is 0. The first-order valence-corrected chi connectivity index (χ1v) is 6.00. The summed E-state index contributed by atoms with van der Waals surface area (Å²) in [6, 6.07) is 0. The minimum Gasteiger partial charge on any atom is -0.759 e. The normalized spacial score (nSPS) is 9.67. The zero-order valence-electron chi connectivity index (χ0n) is 7.73. The number of hydrogen-bond acceptors (Lipinski definition) is 13. The summed E-state index contributed by atoms with van der Waals surface area (Å²) < 4.78 is 102. The highest BCUT2D eigenvalue weighted by atomic mass is 32.3.